The largest absolute Gasteiger partial charge is 0.376 e. The van der Waals surface area contributed by atoms with Crippen LogP contribution in [-0.2, 0) is 4.74 Å². The molecule has 0 spiro atoms. The van der Waals surface area contributed by atoms with E-state index >= 15 is 0 Å². The summed E-state index contributed by atoms with van der Waals surface area (Å²) in [5, 5.41) is 6.37. The van der Waals surface area contributed by atoms with Gasteiger partial charge in [-0.25, -0.2) is 9.78 Å². The Hall–Kier alpha value is -1.34. The fourth-order valence-electron chi connectivity index (χ4n) is 4.54. The number of likely N-dealkylation sites (tertiary alicyclic amines) is 1. The molecule has 4 rings (SSSR count). The van der Waals surface area contributed by atoms with Crippen LogP contribution < -0.4 is 10.2 Å². The summed E-state index contributed by atoms with van der Waals surface area (Å²) in [6, 6.07) is 0.565. The van der Waals surface area contributed by atoms with Crippen LogP contribution in [0, 0.1) is 5.41 Å². The molecule has 7 heteroatoms. The topological polar surface area (TPSA) is 57.7 Å². The molecule has 1 aromatic rings. The molecule has 3 saturated heterocycles. The molecule has 0 saturated carbocycles. The fourth-order valence-corrected chi connectivity index (χ4v) is 5.24. The Labute approximate surface area is 153 Å². The number of aromatic nitrogens is 1. The monoisotopic (exact) mass is 364 g/mol. The van der Waals surface area contributed by atoms with E-state index in [-0.39, 0.29) is 29.6 Å². The van der Waals surface area contributed by atoms with Gasteiger partial charge in [-0.2, -0.15) is 0 Å². The number of carbonyl (C=O) groups excluding carboxylic acids is 1. The van der Waals surface area contributed by atoms with Crippen LogP contribution in [-0.4, -0.2) is 60.3 Å². The minimum Gasteiger partial charge on any atom is -0.376 e. The molecule has 3 aliphatic heterocycles. The number of anilines is 1. The van der Waals surface area contributed by atoms with Gasteiger partial charge in [0.15, 0.2) is 5.13 Å². The minimum atomic E-state index is 0.0903. The normalized spacial score (nSPS) is 29.5. The van der Waals surface area contributed by atoms with Gasteiger partial charge in [-0.3, -0.25) is 0 Å². The second-order valence-electron chi connectivity index (χ2n) is 8.14. The van der Waals surface area contributed by atoms with Crippen molar-refractivity contribution in [2.75, 3.05) is 31.1 Å². The summed E-state index contributed by atoms with van der Waals surface area (Å²) >= 11 is 1.68. The van der Waals surface area contributed by atoms with Crippen molar-refractivity contribution in [1.29, 1.82) is 0 Å². The van der Waals surface area contributed by atoms with Gasteiger partial charge in [-0.1, -0.05) is 13.8 Å². The Bertz CT molecular complexity index is 592. The van der Waals surface area contributed by atoms with Crippen molar-refractivity contribution < 1.29 is 9.53 Å². The Morgan fingerprint density at radius 2 is 2.16 bits per heavy atom. The highest BCUT2D eigenvalue weighted by Crippen LogP contribution is 2.42. The number of hydrogen-bond acceptors (Lipinski definition) is 5. The molecule has 0 bridgehead atoms. The molecule has 2 unspecified atom stereocenters. The molecule has 1 aromatic heterocycles. The maximum Gasteiger partial charge on any atom is 0.317 e. The number of piperidine rings is 1. The van der Waals surface area contributed by atoms with Gasteiger partial charge >= 0.3 is 6.03 Å². The molecule has 3 aliphatic rings. The first-order valence-electron chi connectivity index (χ1n) is 9.38. The van der Waals surface area contributed by atoms with Crippen LogP contribution >= 0.6 is 11.3 Å². The maximum atomic E-state index is 12.8. The zero-order chi connectivity index (χ0) is 17.4. The summed E-state index contributed by atoms with van der Waals surface area (Å²) in [7, 11) is 0. The molecular weight excluding hydrogens is 336 g/mol. The van der Waals surface area contributed by atoms with Gasteiger partial charge in [0.25, 0.3) is 0 Å². The van der Waals surface area contributed by atoms with Crippen LogP contribution in [0.2, 0.25) is 0 Å². The number of hydrogen-bond donors (Lipinski definition) is 1. The lowest BCUT2D eigenvalue weighted by Gasteiger charge is -2.56. The van der Waals surface area contributed by atoms with Crippen molar-refractivity contribution in [3.05, 3.63) is 11.6 Å². The molecule has 0 aromatic carbocycles. The first kappa shape index (κ1) is 17.1. The predicted molar refractivity (Wildman–Crippen MR) is 99.1 cm³/mol. The standard InChI is InChI=1S/C18H28N4O2S/c1-18(2)12-22(15(18)14-4-3-10-24-14)16(23)20-13-5-8-21(9-6-13)17-19-7-11-25-17/h7,11,13-15H,3-6,8-10,12H2,1-2H3,(H,20,23). The predicted octanol–water partition coefficient (Wildman–Crippen LogP) is 2.71. The molecule has 0 radical (unpaired) electrons. The smallest absolute Gasteiger partial charge is 0.317 e. The van der Waals surface area contributed by atoms with E-state index in [2.05, 4.69) is 29.0 Å². The SMILES string of the molecule is CC1(C)CN(C(=O)NC2CCN(c3nccs3)CC2)C1C1CCCO1. The van der Waals surface area contributed by atoms with E-state index in [0.29, 0.717) is 0 Å². The van der Waals surface area contributed by atoms with Gasteiger partial charge in [0, 0.05) is 49.3 Å². The number of urea groups is 1. The van der Waals surface area contributed by atoms with Gasteiger partial charge in [-0.15, -0.1) is 11.3 Å². The highest BCUT2D eigenvalue weighted by Gasteiger charge is 2.53. The summed E-state index contributed by atoms with van der Waals surface area (Å²) in [6.45, 7) is 8.06. The Morgan fingerprint density at radius 1 is 1.36 bits per heavy atom. The number of carbonyl (C=O) groups is 1. The molecule has 1 N–H and O–H groups in total. The van der Waals surface area contributed by atoms with Crippen molar-refractivity contribution >= 4 is 22.5 Å². The molecule has 6 nitrogen and oxygen atoms in total. The Balaban J connectivity index is 1.30. The van der Waals surface area contributed by atoms with Crippen LogP contribution in [0.1, 0.15) is 39.5 Å². The van der Waals surface area contributed by atoms with Gasteiger partial charge < -0.3 is 19.9 Å². The van der Waals surface area contributed by atoms with Gasteiger partial charge in [0.1, 0.15) is 0 Å². The lowest BCUT2D eigenvalue weighted by atomic mass is 9.72. The van der Waals surface area contributed by atoms with Crippen molar-refractivity contribution in [2.24, 2.45) is 5.41 Å². The molecule has 2 amide bonds. The number of nitrogens with one attached hydrogen (secondary N) is 1. The molecule has 3 fully saturated rings. The highest BCUT2D eigenvalue weighted by molar-refractivity contribution is 7.13. The summed E-state index contributed by atoms with van der Waals surface area (Å²) < 4.78 is 5.88. The van der Waals surface area contributed by atoms with Crippen molar-refractivity contribution in [3.8, 4) is 0 Å². The van der Waals surface area contributed by atoms with Crippen LogP contribution in [0.4, 0.5) is 9.93 Å². The highest BCUT2D eigenvalue weighted by atomic mass is 32.1. The summed E-state index contributed by atoms with van der Waals surface area (Å²) in [5.41, 5.74) is 0.153. The molecular formula is C18H28N4O2S. The van der Waals surface area contributed by atoms with Gasteiger partial charge in [0.05, 0.1) is 12.1 Å². The third kappa shape index (κ3) is 3.36. The number of nitrogens with zero attached hydrogens (tertiary/aromatic N) is 3. The lowest BCUT2D eigenvalue weighted by Crippen LogP contribution is -2.70. The van der Waals surface area contributed by atoms with Crippen molar-refractivity contribution in [2.45, 2.75) is 57.7 Å². The molecule has 2 atom stereocenters. The first-order chi connectivity index (χ1) is 12.0. The third-order valence-electron chi connectivity index (χ3n) is 5.80. The fraction of sp³-hybridized carbons (Fsp3) is 0.778. The van der Waals surface area contributed by atoms with E-state index in [0.717, 1.165) is 57.1 Å². The van der Waals surface area contributed by atoms with Crippen LogP contribution in [0.15, 0.2) is 11.6 Å². The lowest BCUT2D eigenvalue weighted by molar-refractivity contribution is -0.0915. The Kier molecular flexibility index (Phi) is 4.62. The second-order valence-corrected chi connectivity index (χ2v) is 9.01. The summed E-state index contributed by atoms with van der Waals surface area (Å²) in [4.78, 5) is 21.5. The summed E-state index contributed by atoms with van der Waals surface area (Å²) in [5.74, 6) is 0. The van der Waals surface area contributed by atoms with E-state index in [4.69, 9.17) is 4.74 Å². The van der Waals surface area contributed by atoms with Crippen LogP contribution in [0.25, 0.3) is 0 Å². The van der Waals surface area contributed by atoms with E-state index in [1.807, 2.05) is 16.5 Å². The van der Waals surface area contributed by atoms with E-state index in [1.165, 1.54) is 0 Å². The van der Waals surface area contributed by atoms with Gasteiger partial charge in [0.2, 0.25) is 0 Å². The second kappa shape index (κ2) is 6.76. The Morgan fingerprint density at radius 3 is 2.76 bits per heavy atom. The maximum absolute atomic E-state index is 12.8. The van der Waals surface area contributed by atoms with E-state index < -0.39 is 0 Å². The van der Waals surface area contributed by atoms with Crippen molar-refractivity contribution in [3.63, 3.8) is 0 Å². The quantitative estimate of drug-likeness (QED) is 0.896. The average Bonchev–Trinajstić information content (AvgIpc) is 3.27. The van der Waals surface area contributed by atoms with Crippen LogP contribution in [0.3, 0.4) is 0 Å². The number of thiazole rings is 1. The minimum absolute atomic E-state index is 0.0903. The van der Waals surface area contributed by atoms with Gasteiger partial charge in [-0.05, 0) is 25.7 Å². The molecule has 25 heavy (non-hydrogen) atoms. The van der Waals surface area contributed by atoms with E-state index in [1.54, 1.807) is 11.3 Å². The van der Waals surface area contributed by atoms with E-state index in [9.17, 15) is 4.79 Å². The molecule has 138 valence electrons. The third-order valence-corrected chi connectivity index (χ3v) is 6.64. The molecule has 0 aliphatic carbocycles. The molecule has 4 heterocycles. The number of amides is 2. The average molecular weight is 365 g/mol. The first-order valence-corrected chi connectivity index (χ1v) is 10.3. The zero-order valence-corrected chi connectivity index (χ0v) is 15.9. The number of rotatable bonds is 3. The number of ether oxygens (including phenoxy) is 1. The zero-order valence-electron chi connectivity index (χ0n) is 15.1. The van der Waals surface area contributed by atoms with Crippen molar-refractivity contribution in [1.82, 2.24) is 15.2 Å². The van der Waals surface area contributed by atoms with Crippen LogP contribution in [0.5, 0.6) is 0 Å². The summed E-state index contributed by atoms with van der Waals surface area (Å²) in [6.07, 6.45) is 6.21.